The van der Waals surface area contributed by atoms with Crippen molar-refractivity contribution >= 4 is 23.5 Å². The van der Waals surface area contributed by atoms with Crippen molar-refractivity contribution in [3.05, 3.63) is 23.8 Å². The van der Waals surface area contributed by atoms with E-state index in [1.165, 1.54) is 6.42 Å². The molecule has 0 spiro atoms. The molecule has 3 N–H and O–H groups in total. The average Bonchev–Trinajstić information content (AvgIpc) is 2.91. The maximum atomic E-state index is 13.4. The Morgan fingerprint density at radius 3 is 2.54 bits per heavy atom. The van der Waals surface area contributed by atoms with E-state index in [0.717, 1.165) is 25.7 Å². The molecule has 0 aromatic heterocycles. The van der Waals surface area contributed by atoms with Crippen LogP contribution in [0.3, 0.4) is 0 Å². The molecule has 37 heavy (non-hydrogen) atoms. The highest BCUT2D eigenvalue weighted by atomic mass is 16.5. The standard InChI is InChI=1S/C28H44N4O5/c1-18(2)29-28(36)31(5)16-25-19(3)15-32(20(4)17-33)26(34)14-22-13-23(11-12-24(22)37-25)30-27(35)21-9-7-6-8-10-21/h11-13,18-21,25,33H,6-10,14-17H2,1-5H3,(H,29,36)(H,30,35)/t19-,20-,25+/m0/s1. The molecule has 4 amide bonds. The summed E-state index contributed by atoms with van der Waals surface area (Å²) in [6, 6.07) is 4.90. The van der Waals surface area contributed by atoms with Crippen molar-refractivity contribution in [2.75, 3.05) is 32.1 Å². The Hall–Kier alpha value is -2.81. The summed E-state index contributed by atoms with van der Waals surface area (Å²) in [7, 11) is 1.73. The Bertz CT molecular complexity index is 947. The van der Waals surface area contributed by atoms with Crippen LogP contribution in [0, 0.1) is 11.8 Å². The first-order chi connectivity index (χ1) is 17.6. The van der Waals surface area contributed by atoms with Crippen LogP contribution in [0.2, 0.25) is 0 Å². The number of nitrogens with zero attached hydrogens (tertiary/aromatic N) is 2. The molecule has 1 aromatic carbocycles. The van der Waals surface area contributed by atoms with Crippen LogP contribution in [0.1, 0.15) is 65.4 Å². The number of carbonyl (C=O) groups is 3. The molecular weight excluding hydrogens is 472 g/mol. The van der Waals surface area contributed by atoms with Crippen LogP contribution in [0.5, 0.6) is 5.75 Å². The molecule has 1 fully saturated rings. The van der Waals surface area contributed by atoms with Crippen LogP contribution in [-0.2, 0) is 16.0 Å². The molecule has 1 saturated carbocycles. The lowest BCUT2D eigenvalue weighted by Crippen LogP contribution is -2.49. The van der Waals surface area contributed by atoms with Crippen LogP contribution in [0.25, 0.3) is 0 Å². The SMILES string of the molecule is CC(C)NC(=O)N(C)C[C@H]1Oc2ccc(NC(=O)C3CCCCC3)cc2CC(=O)N([C@@H](C)CO)C[C@@H]1C. The van der Waals surface area contributed by atoms with Gasteiger partial charge in [-0.15, -0.1) is 0 Å². The zero-order chi connectivity index (χ0) is 27.1. The van der Waals surface area contributed by atoms with E-state index in [-0.39, 0.29) is 60.9 Å². The van der Waals surface area contributed by atoms with Crippen LogP contribution < -0.4 is 15.4 Å². The second kappa shape index (κ2) is 13.1. The van der Waals surface area contributed by atoms with E-state index in [2.05, 4.69) is 10.6 Å². The molecule has 1 aliphatic carbocycles. The van der Waals surface area contributed by atoms with Crippen LogP contribution >= 0.6 is 0 Å². The molecule has 1 heterocycles. The number of likely N-dealkylation sites (N-methyl/N-ethyl adjacent to an activating group) is 1. The first-order valence-corrected chi connectivity index (χ1v) is 13.6. The fourth-order valence-corrected chi connectivity index (χ4v) is 5.04. The molecule has 0 radical (unpaired) electrons. The second-order valence-electron chi connectivity index (χ2n) is 11.0. The number of urea groups is 1. The second-order valence-corrected chi connectivity index (χ2v) is 11.0. The smallest absolute Gasteiger partial charge is 0.317 e. The van der Waals surface area contributed by atoms with Gasteiger partial charge in [-0.3, -0.25) is 9.59 Å². The lowest BCUT2D eigenvalue weighted by atomic mass is 9.88. The lowest BCUT2D eigenvalue weighted by Gasteiger charge is -2.34. The van der Waals surface area contributed by atoms with Gasteiger partial charge < -0.3 is 30.3 Å². The Labute approximate surface area is 220 Å². The number of hydrogen-bond acceptors (Lipinski definition) is 5. The Kier molecular flexibility index (Phi) is 10.2. The van der Waals surface area contributed by atoms with Crippen molar-refractivity contribution in [2.24, 2.45) is 11.8 Å². The van der Waals surface area contributed by atoms with E-state index in [0.29, 0.717) is 30.1 Å². The fraction of sp³-hybridized carbons (Fsp3) is 0.679. The van der Waals surface area contributed by atoms with E-state index >= 15 is 0 Å². The number of carbonyl (C=O) groups excluding carboxylic acids is 3. The van der Waals surface area contributed by atoms with Gasteiger partial charge in [0.15, 0.2) is 0 Å². The minimum atomic E-state index is -0.386. The molecule has 2 aliphatic rings. The van der Waals surface area contributed by atoms with Gasteiger partial charge in [-0.1, -0.05) is 26.2 Å². The molecule has 0 bridgehead atoms. The number of benzene rings is 1. The molecule has 1 aromatic rings. The summed E-state index contributed by atoms with van der Waals surface area (Å²) in [6.07, 6.45) is 4.85. The molecule has 3 rings (SSSR count). The highest BCUT2D eigenvalue weighted by molar-refractivity contribution is 5.93. The van der Waals surface area contributed by atoms with Gasteiger partial charge in [0, 0.05) is 42.7 Å². The van der Waals surface area contributed by atoms with Gasteiger partial charge in [0.05, 0.1) is 25.6 Å². The zero-order valence-corrected chi connectivity index (χ0v) is 23.0. The van der Waals surface area contributed by atoms with Gasteiger partial charge in [-0.25, -0.2) is 4.79 Å². The first-order valence-electron chi connectivity index (χ1n) is 13.6. The Morgan fingerprint density at radius 1 is 1.19 bits per heavy atom. The third-order valence-corrected chi connectivity index (χ3v) is 7.37. The zero-order valence-electron chi connectivity index (χ0n) is 23.0. The summed E-state index contributed by atoms with van der Waals surface area (Å²) in [5.41, 5.74) is 1.32. The summed E-state index contributed by atoms with van der Waals surface area (Å²) in [4.78, 5) is 42.1. The monoisotopic (exact) mass is 516 g/mol. The van der Waals surface area contributed by atoms with Crippen molar-refractivity contribution in [3.8, 4) is 5.75 Å². The minimum absolute atomic E-state index is 0.00955. The number of nitrogens with one attached hydrogen (secondary N) is 2. The molecule has 206 valence electrons. The number of aliphatic hydroxyl groups is 1. The number of hydrogen-bond donors (Lipinski definition) is 3. The van der Waals surface area contributed by atoms with Gasteiger partial charge in [0.2, 0.25) is 11.8 Å². The number of fused-ring (bicyclic) bond motifs is 1. The van der Waals surface area contributed by atoms with Crippen molar-refractivity contribution in [1.29, 1.82) is 0 Å². The molecule has 9 nitrogen and oxygen atoms in total. The third-order valence-electron chi connectivity index (χ3n) is 7.37. The van der Waals surface area contributed by atoms with E-state index in [9.17, 15) is 19.5 Å². The van der Waals surface area contributed by atoms with E-state index in [1.807, 2.05) is 39.8 Å². The predicted molar refractivity (Wildman–Crippen MR) is 143 cm³/mol. The highest BCUT2D eigenvalue weighted by Crippen LogP contribution is 2.30. The number of amides is 4. The minimum Gasteiger partial charge on any atom is -0.488 e. The fourth-order valence-electron chi connectivity index (χ4n) is 5.04. The van der Waals surface area contributed by atoms with Crippen LogP contribution in [0.4, 0.5) is 10.5 Å². The molecular formula is C28H44N4O5. The van der Waals surface area contributed by atoms with Crippen molar-refractivity contribution in [2.45, 2.75) is 84.4 Å². The van der Waals surface area contributed by atoms with Gasteiger partial charge in [-0.2, -0.15) is 0 Å². The Balaban J connectivity index is 1.87. The first kappa shape index (κ1) is 28.8. The lowest BCUT2D eigenvalue weighted by molar-refractivity contribution is -0.134. The summed E-state index contributed by atoms with van der Waals surface area (Å²) in [5, 5.41) is 15.8. The maximum absolute atomic E-state index is 13.4. The highest BCUT2D eigenvalue weighted by Gasteiger charge is 2.32. The van der Waals surface area contributed by atoms with Gasteiger partial charge in [-0.05, 0) is 51.8 Å². The summed E-state index contributed by atoms with van der Waals surface area (Å²) in [6.45, 7) is 8.20. The van der Waals surface area contributed by atoms with E-state index < -0.39 is 0 Å². The third kappa shape index (κ3) is 7.84. The van der Waals surface area contributed by atoms with Crippen molar-refractivity contribution in [1.82, 2.24) is 15.1 Å². The number of aliphatic hydroxyl groups excluding tert-OH is 1. The van der Waals surface area contributed by atoms with Gasteiger partial charge >= 0.3 is 6.03 Å². The summed E-state index contributed by atoms with van der Waals surface area (Å²) in [5.74, 6) is 0.395. The molecule has 3 atom stereocenters. The van der Waals surface area contributed by atoms with Crippen molar-refractivity contribution < 1.29 is 24.2 Å². The van der Waals surface area contributed by atoms with Gasteiger partial charge in [0.1, 0.15) is 11.9 Å². The normalized spacial score (nSPS) is 21.7. The largest absolute Gasteiger partial charge is 0.488 e. The van der Waals surface area contributed by atoms with Crippen LogP contribution in [-0.4, -0.2) is 77.7 Å². The molecule has 9 heteroatoms. The molecule has 1 aliphatic heterocycles. The molecule has 0 saturated heterocycles. The molecule has 0 unspecified atom stereocenters. The number of anilines is 1. The van der Waals surface area contributed by atoms with Crippen LogP contribution in [0.15, 0.2) is 18.2 Å². The Morgan fingerprint density at radius 2 is 1.89 bits per heavy atom. The number of ether oxygens (including phenoxy) is 1. The summed E-state index contributed by atoms with van der Waals surface area (Å²) >= 11 is 0. The maximum Gasteiger partial charge on any atom is 0.317 e. The quantitative estimate of drug-likeness (QED) is 0.514. The van der Waals surface area contributed by atoms with E-state index in [1.54, 1.807) is 22.9 Å². The van der Waals surface area contributed by atoms with Gasteiger partial charge in [0.25, 0.3) is 0 Å². The van der Waals surface area contributed by atoms with Crippen molar-refractivity contribution in [3.63, 3.8) is 0 Å². The predicted octanol–water partition coefficient (Wildman–Crippen LogP) is 3.40. The average molecular weight is 517 g/mol. The van der Waals surface area contributed by atoms with E-state index in [4.69, 9.17) is 4.74 Å². The topological polar surface area (TPSA) is 111 Å². The summed E-state index contributed by atoms with van der Waals surface area (Å²) < 4.78 is 6.47. The number of rotatable bonds is 7.